The van der Waals surface area contributed by atoms with Crippen LogP contribution in [0.1, 0.15) is 27.7 Å². The molecule has 6 heteroatoms. The van der Waals surface area contributed by atoms with Crippen molar-refractivity contribution in [3.63, 3.8) is 0 Å². The van der Waals surface area contributed by atoms with E-state index in [9.17, 15) is 5.11 Å². The standard InChI is InChI=1S/C35H29BNO2S2/c1-34(2,38)35(3,4)39-36-24-16-18-28-27(20-24)31-25(13-8-14-29(31)40-28)22-10-7-11-23(19-22)33-37-32-26-12-6-5-9-21(26)15-17-30(32)41-33/h5-20,38H,1-4H3. The number of fused-ring (bicyclic) bond motifs is 6. The summed E-state index contributed by atoms with van der Waals surface area (Å²) in [5, 5.41) is 16.4. The molecule has 41 heavy (non-hydrogen) atoms. The molecule has 0 aliphatic carbocycles. The number of hydrogen-bond acceptors (Lipinski definition) is 5. The lowest BCUT2D eigenvalue weighted by Crippen LogP contribution is -2.49. The number of aromatic nitrogens is 1. The van der Waals surface area contributed by atoms with Crippen LogP contribution in [0.4, 0.5) is 0 Å². The molecule has 0 atom stereocenters. The number of thiophene rings is 1. The smallest absolute Gasteiger partial charge is 0.330 e. The molecule has 0 saturated carbocycles. The molecule has 1 radical (unpaired) electrons. The average Bonchev–Trinajstić information content (AvgIpc) is 3.57. The number of rotatable bonds is 6. The van der Waals surface area contributed by atoms with E-state index in [0.29, 0.717) is 0 Å². The topological polar surface area (TPSA) is 42.4 Å². The second-order valence-corrected chi connectivity index (χ2v) is 13.7. The first-order valence-corrected chi connectivity index (χ1v) is 15.4. The Morgan fingerprint density at radius 3 is 2.34 bits per heavy atom. The maximum absolute atomic E-state index is 10.5. The van der Waals surface area contributed by atoms with E-state index in [1.807, 2.05) is 13.8 Å². The van der Waals surface area contributed by atoms with Crippen LogP contribution in [0.2, 0.25) is 0 Å². The van der Waals surface area contributed by atoms with Gasteiger partial charge >= 0.3 is 7.48 Å². The number of benzene rings is 5. The van der Waals surface area contributed by atoms with Crippen molar-refractivity contribution in [2.45, 2.75) is 38.9 Å². The molecule has 0 spiro atoms. The zero-order valence-corrected chi connectivity index (χ0v) is 25.1. The van der Waals surface area contributed by atoms with Crippen LogP contribution in [0, 0.1) is 0 Å². The number of aliphatic hydroxyl groups is 1. The van der Waals surface area contributed by atoms with E-state index in [2.05, 4.69) is 97.1 Å². The normalized spacial score (nSPS) is 12.6. The van der Waals surface area contributed by atoms with Crippen molar-refractivity contribution in [2.75, 3.05) is 0 Å². The van der Waals surface area contributed by atoms with Gasteiger partial charge in [0, 0.05) is 31.1 Å². The Kier molecular flexibility index (Phi) is 6.29. The van der Waals surface area contributed by atoms with Crippen LogP contribution in [-0.2, 0) is 4.65 Å². The molecule has 1 N–H and O–H groups in total. The molecule has 201 valence electrons. The quantitative estimate of drug-likeness (QED) is 0.203. The minimum absolute atomic E-state index is 0.725. The van der Waals surface area contributed by atoms with Crippen molar-refractivity contribution >= 4 is 76.8 Å². The van der Waals surface area contributed by atoms with Gasteiger partial charge < -0.3 is 9.76 Å². The highest BCUT2D eigenvalue weighted by molar-refractivity contribution is 7.26. The van der Waals surface area contributed by atoms with Crippen LogP contribution in [0.15, 0.2) is 97.1 Å². The fraction of sp³-hybridized carbons (Fsp3) is 0.171. The Morgan fingerprint density at radius 1 is 0.707 bits per heavy atom. The van der Waals surface area contributed by atoms with Crippen LogP contribution in [0.5, 0.6) is 0 Å². The summed E-state index contributed by atoms with van der Waals surface area (Å²) >= 11 is 3.55. The Morgan fingerprint density at radius 2 is 1.49 bits per heavy atom. The zero-order valence-electron chi connectivity index (χ0n) is 23.4. The molecule has 0 saturated heterocycles. The predicted molar refractivity (Wildman–Crippen MR) is 178 cm³/mol. The highest BCUT2D eigenvalue weighted by atomic mass is 32.1. The van der Waals surface area contributed by atoms with E-state index >= 15 is 0 Å². The van der Waals surface area contributed by atoms with E-state index in [-0.39, 0.29) is 0 Å². The Labute approximate surface area is 248 Å². The van der Waals surface area contributed by atoms with Crippen LogP contribution in [0.3, 0.4) is 0 Å². The Hall–Kier alpha value is -3.55. The summed E-state index contributed by atoms with van der Waals surface area (Å²) in [5.41, 5.74) is 3.84. The molecule has 0 bridgehead atoms. The average molecular weight is 571 g/mol. The van der Waals surface area contributed by atoms with E-state index in [1.54, 1.807) is 44.0 Å². The molecule has 0 unspecified atom stereocenters. The molecule has 0 aliphatic heterocycles. The van der Waals surface area contributed by atoms with Crippen molar-refractivity contribution < 1.29 is 9.76 Å². The van der Waals surface area contributed by atoms with Gasteiger partial charge in [-0.05, 0) is 68.5 Å². The van der Waals surface area contributed by atoms with Gasteiger partial charge in [-0.3, -0.25) is 0 Å². The fourth-order valence-electron chi connectivity index (χ4n) is 5.12. The van der Waals surface area contributed by atoms with Gasteiger partial charge in [-0.15, -0.1) is 22.7 Å². The minimum atomic E-state index is -0.975. The number of hydrogen-bond donors (Lipinski definition) is 1. The molecule has 0 aliphatic rings. The fourth-order valence-corrected chi connectivity index (χ4v) is 7.21. The first-order valence-electron chi connectivity index (χ1n) is 13.8. The molecule has 0 fully saturated rings. The summed E-state index contributed by atoms with van der Waals surface area (Å²) in [4.78, 5) is 5.10. The van der Waals surface area contributed by atoms with Gasteiger partial charge in [0.1, 0.15) is 5.01 Å². The molecular weight excluding hydrogens is 541 g/mol. The summed E-state index contributed by atoms with van der Waals surface area (Å²) in [7, 11) is 1.76. The number of thiazole rings is 1. The molecule has 2 heterocycles. The Bertz CT molecular complexity index is 2080. The highest BCUT2D eigenvalue weighted by Gasteiger charge is 2.35. The summed E-state index contributed by atoms with van der Waals surface area (Å²) in [6.45, 7) is 7.35. The monoisotopic (exact) mass is 570 g/mol. The van der Waals surface area contributed by atoms with Gasteiger partial charge in [0.2, 0.25) is 0 Å². The zero-order chi connectivity index (χ0) is 28.4. The van der Waals surface area contributed by atoms with Crippen molar-refractivity contribution in [1.82, 2.24) is 4.98 Å². The first kappa shape index (κ1) is 26.4. The summed E-state index contributed by atoms with van der Waals surface area (Å²) < 4.78 is 9.76. The lowest BCUT2D eigenvalue weighted by molar-refractivity contribution is -0.0893. The maximum atomic E-state index is 10.5. The maximum Gasteiger partial charge on any atom is 0.330 e. The largest absolute Gasteiger partial charge is 0.427 e. The van der Waals surface area contributed by atoms with E-state index < -0.39 is 11.2 Å². The molecule has 3 nitrogen and oxygen atoms in total. The van der Waals surface area contributed by atoms with E-state index in [4.69, 9.17) is 9.64 Å². The van der Waals surface area contributed by atoms with Gasteiger partial charge in [0.05, 0.1) is 21.4 Å². The van der Waals surface area contributed by atoms with E-state index in [1.165, 1.54) is 46.8 Å². The SMILES string of the molecule is CC(C)(O)C(C)(C)O[B]c1ccc2sc3cccc(-c4cccc(-c5nc6c(ccc7ccccc76)s5)c4)c3c2c1. The van der Waals surface area contributed by atoms with Gasteiger partial charge in [-0.25, -0.2) is 4.98 Å². The van der Waals surface area contributed by atoms with Crippen LogP contribution in [0.25, 0.3) is 62.9 Å². The van der Waals surface area contributed by atoms with Crippen LogP contribution in [-0.4, -0.2) is 28.8 Å². The van der Waals surface area contributed by atoms with Gasteiger partial charge in [0.15, 0.2) is 0 Å². The Balaban J connectivity index is 1.30. The van der Waals surface area contributed by atoms with Gasteiger partial charge in [-0.2, -0.15) is 0 Å². The molecule has 5 aromatic carbocycles. The van der Waals surface area contributed by atoms with Crippen LogP contribution >= 0.6 is 22.7 Å². The highest BCUT2D eigenvalue weighted by Crippen LogP contribution is 2.41. The third-order valence-corrected chi connectivity index (χ3v) is 10.4. The third-order valence-electron chi connectivity index (χ3n) is 8.19. The lowest BCUT2D eigenvalue weighted by Gasteiger charge is -2.37. The van der Waals surface area contributed by atoms with Crippen molar-refractivity contribution in [3.8, 4) is 21.7 Å². The summed E-state index contributed by atoms with van der Waals surface area (Å²) in [5.74, 6) is 0. The molecule has 7 rings (SSSR count). The lowest BCUT2D eigenvalue weighted by atomic mass is 9.82. The number of nitrogens with zero attached hydrogens (tertiary/aromatic N) is 1. The summed E-state index contributed by atoms with van der Waals surface area (Å²) in [6, 6.07) is 34.6. The van der Waals surface area contributed by atoms with E-state index in [0.717, 1.165) is 21.6 Å². The second kappa shape index (κ2) is 9.78. The van der Waals surface area contributed by atoms with Crippen molar-refractivity contribution in [3.05, 3.63) is 97.1 Å². The van der Waals surface area contributed by atoms with Crippen molar-refractivity contribution in [2.24, 2.45) is 0 Å². The second-order valence-electron chi connectivity index (χ2n) is 11.6. The molecule has 0 amide bonds. The minimum Gasteiger partial charge on any atom is -0.427 e. The summed E-state index contributed by atoms with van der Waals surface area (Å²) in [6.07, 6.45) is 0. The van der Waals surface area contributed by atoms with Gasteiger partial charge in [-0.1, -0.05) is 78.3 Å². The first-order chi connectivity index (χ1) is 19.7. The molecule has 2 aromatic heterocycles. The molecule has 7 aromatic rings. The molecular formula is C35H29BNO2S2. The predicted octanol–water partition coefficient (Wildman–Crippen LogP) is 8.96. The van der Waals surface area contributed by atoms with Gasteiger partial charge in [0.25, 0.3) is 0 Å². The van der Waals surface area contributed by atoms with Crippen LogP contribution < -0.4 is 5.46 Å². The third kappa shape index (κ3) is 4.65. The van der Waals surface area contributed by atoms with Crippen molar-refractivity contribution in [1.29, 1.82) is 0 Å².